The van der Waals surface area contributed by atoms with Crippen LogP contribution in [0.15, 0.2) is 16.9 Å². The van der Waals surface area contributed by atoms with E-state index in [1.807, 2.05) is 6.07 Å². The molecule has 2 aromatic rings. The second kappa shape index (κ2) is 2.95. The smallest absolute Gasteiger partial charge is 0.272 e. The Morgan fingerprint density at radius 2 is 2.33 bits per heavy atom. The monoisotopic (exact) mass is 203 g/mol. The van der Waals surface area contributed by atoms with E-state index in [1.54, 1.807) is 6.07 Å². The van der Waals surface area contributed by atoms with Crippen molar-refractivity contribution in [1.29, 1.82) is 0 Å². The highest BCUT2D eigenvalue weighted by molar-refractivity contribution is 5.40. The standard InChI is InChI=1S/C11H13N3O/c1-2-8-5-10-12-9(7-3-4-7)6-11(15)14(10)13-8/h5-7,13H,2-4H2,1H3. The van der Waals surface area contributed by atoms with Crippen LogP contribution in [0.3, 0.4) is 0 Å². The summed E-state index contributed by atoms with van der Waals surface area (Å²) in [5.74, 6) is 0.530. The Balaban J connectivity index is 2.24. The van der Waals surface area contributed by atoms with E-state index in [9.17, 15) is 4.79 Å². The van der Waals surface area contributed by atoms with E-state index in [4.69, 9.17) is 0 Å². The van der Waals surface area contributed by atoms with E-state index in [1.165, 1.54) is 17.4 Å². The van der Waals surface area contributed by atoms with Gasteiger partial charge in [0.25, 0.3) is 5.56 Å². The average molecular weight is 203 g/mol. The molecule has 4 nitrogen and oxygen atoms in total. The summed E-state index contributed by atoms with van der Waals surface area (Å²) < 4.78 is 1.52. The van der Waals surface area contributed by atoms with Crippen LogP contribution in [-0.2, 0) is 6.42 Å². The summed E-state index contributed by atoms with van der Waals surface area (Å²) in [6.07, 6.45) is 3.24. The molecule has 0 saturated heterocycles. The van der Waals surface area contributed by atoms with E-state index < -0.39 is 0 Å². The lowest BCUT2D eigenvalue weighted by atomic mass is 10.3. The van der Waals surface area contributed by atoms with Crippen molar-refractivity contribution in [2.24, 2.45) is 0 Å². The van der Waals surface area contributed by atoms with Gasteiger partial charge in [-0.3, -0.25) is 9.89 Å². The molecule has 2 heterocycles. The molecule has 3 rings (SSSR count). The van der Waals surface area contributed by atoms with Gasteiger partial charge >= 0.3 is 0 Å². The van der Waals surface area contributed by atoms with Crippen molar-refractivity contribution in [2.45, 2.75) is 32.1 Å². The average Bonchev–Trinajstić information content (AvgIpc) is 2.98. The first kappa shape index (κ1) is 8.71. The van der Waals surface area contributed by atoms with Crippen LogP contribution in [0.25, 0.3) is 5.65 Å². The van der Waals surface area contributed by atoms with Crippen molar-refractivity contribution in [3.8, 4) is 0 Å². The van der Waals surface area contributed by atoms with Crippen LogP contribution in [0.5, 0.6) is 0 Å². The largest absolute Gasteiger partial charge is 0.294 e. The third-order valence-corrected chi connectivity index (χ3v) is 2.90. The number of nitrogens with one attached hydrogen (secondary N) is 1. The molecule has 78 valence electrons. The Kier molecular flexibility index (Phi) is 1.71. The zero-order valence-corrected chi connectivity index (χ0v) is 8.66. The second-order valence-corrected chi connectivity index (χ2v) is 4.12. The Morgan fingerprint density at radius 1 is 1.53 bits per heavy atom. The predicted molar refractivity (Wildman–Crippen MR) is 57.2 cm³/mol. The molecule has 1 aliphatic rings. The Bertz CT molecular complexity index is 563. The number of hydrogen-bond donors (Lipinski definition) is 1. The summed E-state index contributed by atoms with van der Waals surface area (Å²) in [5.41, 5.74) is 2.76. The van der Waals surface area contributed by atoms with Gasteiger partial charge in [-0.25, -0.2) is 9.50 Å². The van der Waals surface area contributed by atoms with Crippen LogP contribution >= 0.6 is 0 Å². The van der Waals surface area contributed by atoms with Gasteiger partial charge in [0.1, 0.15) is 0 Å². The summed E-state index contributed by atoms with van der Waals surface area (Å²) >= 11 is 0. The van der Waals surface area contributed by atoms with Crippen molar-refractivity contribution >= 4 is 5.65 Å². The van der Waals surface area contributed by atoms with Gasteiger partial charge in [-0.05, 0) is 19.3 Å². The van der Waals surface area contributed by atoms with Crippen LogP contribution in [0.2, 0.25) is 0 Å². The molecule has 2 aromatic heterocycles. The molecule has 4 heteroatoms. The lowest BCUT2D eigenvalue weighted by Gasteiger charge is -1.96. The molecule has 0 amide bonds. The highest BCUT2D eigenvalue weighted by Crippen LogP contribution is 2.38. The van der Waals surface area contributed by atoms with Gasteiger partial charge in [-0.1, -0.05) is 6.92 Å². The fourth-order valence-electron chi connectivity index (χ4n) is 1.83. The maximum Gasteiger partial charge on any atom is 0.272 e. The molecule has 1 N–H and O–H groups in total. The molecular weight excluding hydrogens is 190 g/mol. The van der Waals surface area contributed by atoms with Crippen LogP contribution in [0.1, 0.15) is 37.1 Å². The summed E-state index contributed by atoms with van der Waals surface area (Å²) in [7, 11) is 0. The third-order valence-electron chi connectivity index (χ3n) is 2.90. The van der Waals surface area contributed by atoms with E-state index in [0.29, 0.717) is 5.92 Å². The molecule has 1 saturated carbocycles. The van der Waals surface area contributed by atoms with Crippen molar-refractivity contribution < 1.29 is 0 Å². The van der Waals surface area contributed by atoms with Gasteiger partial charge in [-0.2, -0.15) is 0 Å². The zero-order chi connectivity index (χ0) is 10.4. The lowest BCUT2D eigenvalue weighted by molar-refractivity contribution is 0.843. The van der Waals surface area contributed by atoms with Crippen LogP contribution in [0, 0.1) is 0 Å². The lowest BCUT2D eigenvalue weighted by Crippen LogP contribution is -2.15. The molecule has 1 fully saturated rings. The van der Waals surface area contributed by atoms with Crippen LogP contribution in [-0.4, -0.2) is 14.6 Å². The molecule has 0 atom stereocenters. The summed E-state index contributed by atoms with van der Waals surface area (Å²) in [6, 6.07) is 3.61. The first-order valence-electron chi connectivity index (χ1n) is 5.39. The summed E-state index contributed by atoms with van der Waals surface area (Å²) in [6.45, 7) is 2.05. The maximum absolute atomic E-state index is 11.8. The Morgan fingerprint density at radius 3 is 3.00 bits per heavy atom. The number of nitrogens with zero attached hydrogens (tertiary/aromatic N) is 2. The van der Waals surface area contributed by atoms with Gasteiger partial charge in [0, 0.05) is 23.7 Å². The SMILES string of the molecule is CCc1cc2nc(C3CC3)cc(=O)n2[nH]1. The van der Waals surface area contributed by atoms with E-state index in [-0.39, 0.29) is 5.56 Å². The molecule has 0 aromatic carbocycles. The number of H-pyrrole nitrogens is 1. The minimum Gasteiger partial charge on any atom is -0.294 e. The van der Waals surface area contributed by atoms with Gasteiger partial charge in [-0.15, -0.1) is 0 Å². The van der Waals surface area contributed by atoms with Gasteiger partial charge in [0.15, 0.2) is 5.65 Å². The van der Waals surface area contributed by atoms with Gasteiger partial charge in [0.2, 0.25) is 0 Å². The highest BCUT2D eigenvalue weighted by Gasteiger charge is 2.26. The summed E-state index contributed by atoms with van der Waals surface area (Å²) in [5, 5.41) is 3.04. The zero-order valence-electron chi connectivity index (χ0n) is 8.66. The number of aromatic nitrogens is 3. The Hall–Kier alpha value is -1.58. The molecule has 0 aliphatic heterocycles. The number of aromatic amines is 1. The second-order valence-electron chi connectivity index (χ2n) is 4.12. The maximum atomic E-state index is 11.8. The first-order valence-corrected chi connectivity index (χ1v) is 5.39. The van der Waals surface area contributed by atoms with Crippen molar-refractivity contribution in [3.63, 3.8) is 0 Å². The van der Waals surface area contributed by atoms with Crippen molar-refractivity contribution in [3.05, 3.63) is 33.9 Å². The minimum absolute atomic E-state index is 0.00148. The quantitative estimate of drug-likeness (QED) is 0.803. The molecule has 0 bridgehead atoms. The first-order chi connectivity index (χ1) is 7.28. The van der Waals surface area contributed by atoms with Gasteiger partial charge in [0.05, 0.1) is 5.69 Å². The van der Waals surface area contributed by atoms with Gasteiger partial charge < -0.3 is 0 Å². The number of rotatable bonds is 2. The molecule has 0 spiro atoms. The van der Waals surface area contributed by atoms with Crippen molar-refractivity contribution in [2.75, 3.05) is 0 Å². The predicted octanol–water partition coefficient (Wildman–Crippen LogP) is 1.46. The normalized spacial score (nSPS) is 16.1. The van der Waals surface area contributed by atoms with E-state index in [0.717, 1.165) is 23.5 Å². The van der Waals surface area contributed by atoms with E-state index in [2.05, 4.69) is 17.0 Å². The number of fused-ring (bicyclic) bond motifs is 1. The van der Waals surface area contributed by atoms with Crippen molar-refractivity contribution in [1.82, 2.24) is 14.6 Å². The fourth-order valence-corrected chi connectivity index (χ4v) is 1.83. The minimum atomic E-state index is 0.00148. The summed E-state index contributed by atoms with van der Waals surface area (Å²) in [4.78, 5) is 16.3. The van der Waals surface area contributed by atoms with E-state index >= 15 is 0 Å². The highest BCUT2D eigenvalue weighted by atomic mass is 16.1. The molecule has 0 radical (unpaired) electrons. The Labute approximate surface area is 86.9 Å². The molecule has 1 aliphatic carbocycles. The molecule has 0 unspecified atom stereocenters. The van der Waals surface area contributed by atoms with Crippen LogP contribution < -0.4 is 5.56 Å². The third kappa shape index (κ3) is 1.37. The number of aryl methyl sites for hydroxylation is 1. The molecular formula is C11H13N3O. The molecule has 15 heavy (non-hydrogen) atoms. The topological polar surface area (TPSA) is 50.2 Å². The fraction of sp³-hybridized carbons (Fsp3) is 0.455. The van der Waals surface area contributed by atoms with Crippen LogP contribution in [0.4, 0.5) is 0 Å². The number of hydrogen-bond acceptors (Lipinski definition) is 2.